The summed E-state index contributed by atoms with van der Waals surface area (Å²) in [6, 6.07) is 4.70. The SMILES string of the molecule is O=C(O)CCCCCC[C@@H]1C(=O)CC[C@H]1C=CC(=O)c1ccc(OC(F)(F)F)cc1. The normalized spacial score (nSPS) is 19.4. The highest BCUT2D eigenvalue weighted by atomic mass is 19.4. The molecule has 0 unspecified atom stereocenters. The van der Waals surface area contributed by atoms with Crippen molar-refractivity contribution in [2.75, 3.05) is 0 Å². The smallest absolute Gasteiger partial charge is 0.481 e. The Bertz CT molecular complexity index is 768. The molecule has 0 bridgehead atoms. The van der Waals surface area contributed by atoms with Crippen molar-refractivity contribution in [2.24, 2.45) is 11.8 Å². The molecule has 1 fully saturated rings. The Morgan fingerprint density at radius 1 is 1.10 bits per heavy atom. The van der Waals surface area contributed by atoms with Crippen molar-refractivity contribution in [1.29, 1.82) is 0 Å². The highest BCUT2D eigenvalue weighted by Crippen LogP contribution is 2.34. The Hall–Kier alpha value is -2.64. The molecule has 2 atom stereocenters. The van der Waals surface area contributed by atoms with Crippen molar-refractivity contribution >= 4 is 17.5 Å². The Labute approximate surface area is 172 Å². The van der Waals surface area contributed by atoms with Crippen molar-refractivity contribution in [2.45, 2.75) is 57.7 Å². The Morgan fingerprint density at radius 3 is 2.40 bits per heavy atom. The summed E-state index contributed by atoms with van der Waals surface area (Å²) in [5.74, 6) is -1.55. The van der Waals surface area contributed by atoms with Crippen LogP contribution in [-0.4, -0.2) is 29.0 Å². The van der Waals surface area contributed by atoms with Crippen LogP contribution in [0, 0.1) is 11.8 Å². The molecule has 0 heterocycles. The predicted octanol–water partition coefficient (Wildman–Crippen LogP) is 5.34. The number of aliphatic carboxylic acids is 1. The molecule has 8 heteroatoms. The van der Waals surface area contributed by atoms with Crippen molar-refractivity contribution in [3.05, 3.63) is 42.0 Å². The second-order valence-electron chi connectivity index (χ2n) is 7.42. The molecule has 5 nitrogen and oxygen atoms in total. The Morgan fingerprint density at radius 2 is 1.77 bits per heavy atom. The molecule has 30 heavy (non-hydrogen) atoms. The minimum absolute atomic E-state index is 0.0340. The lowest BCUT2D eigenvalue weighted by Crippen LogP contribution is -2.17. The number of ether oxygens (including phenoxy) is 1. The molecule has 1 aliphatic rings. The van der Waals surface area contributed by atoms with Crippen molar-refractivity contribution in [1.82, 2.24) is 0 Å². The van der Waals surface area contributed by atoms with Crippen LogP contribution < -0.4 is 4.74 Å². The highest BCUT2D eigenvalue weighted by Gasteiger charge is 2.32. The maximum absolute atomic E-state index is 12.3. The maximum atomic E-state index is 12.3. The fraction of sp³-hybridized carbons (Fsp3) is 0.500. The number of halogens is 3. The van der Waals surface area contributed by atoms with Gasteiger partial charge in [0.2, 0.25) is 0 Å². The predicted molar refractivity (Wildman–Crippen MR) is 103 cm³/mol. The number of ketones is 2. The molecule has 0 spiro atoms. The molecule has 0 radical (unpaired) electrons. The van der Waals surface area contributed by atoms with Gasteiger partial charge in [-0.25, -0.2) is 0 Å². The number of carboxylic acid groups (broad SMARTS) is 1. The molecule has 0 aromatic heterocycles. The number of carboxylic acids is 1. The lowest BCUT2D eigenvalue weighted by molar-refractivity contribution is -0.274. The lowest BCUT2D eigenvalue weighted by atomic mass is 9.89. The number of unbranched alkanes of at least 4 members (excludes halogenated alkanes) is 3. The number of rotatable bonds is 11. The Kier molecular flexibility index (Phi) is 8.62. The third-order valence-corrected chi connectivity index (χ3v) is 5.18. The summed E-state index contributed by atoms with van der Waals surface area (Å²) < 4.78 is 40.4. The van der Waals surface area contributed by atoms with Gasteiger partial charge in [0.1, 0.15) is 11.5 Å². The molecular weight excluding hydrogens is 401 g/mol. The summed E-state index contributed by atoms with van der Waals surface area (Å²) in [6.07, 6.45) is 3.43. The number of carbonyl (C=O) groups excluding carboxylic acids is 2. The molecule has 2 rings (SSSR count). The van der Waals surface area contributed by atoms with Gasteiger partial charge in [0.05, 0.1) is 0 Å². The minimum Gasteiger partial charge on any atom is -0.481 e. The number of allylic oxidation sites excluding steroid dienone is 2. The zero-order chi connectivity index (χ0) is 22.1. The van der Waals surface area contributed by atoms with Crippen LogP contribution in [0.5, 0.6) is 5.75 Å². The molecule has 0 amide bonds. The van der Waals surface area contributed by atoms with E-state index in [9.17, 15) is 27.6 Å². The molecule has 1 aliphatic carbocycles. The van der Waals surface area contributed by atoms with E-state index in [0.717, 1.165) is 31.4 Å². The standard InChI is InChI=1S/C22H25F3O5/c23-22(24,25)30-17-11-7-16(8-12-17)19(26)13-9-15-10-14-20(27)18(15)5-3-1-2-4-6-21(28)29/h7-9,11-13,15,18H,1-6,10,14H2,(H,28,29)/t15-,18+/m1/s1. The molecular formula is C22H25F3O5. The Balaban J connectivity index is 1.85. The van der Waals surface area contributed by atoms with Gasteiger partial charge >= 0.3 is 12.3 Å². The number of Topliss-reactive ketones (excluding diaryl/α,β-unsaturated/α-hetero) is 1. The quantitative estimate of drug-likeness (QED) is 0.293. The van der Waals surface area contributed by atoms with E-state index < -0.39 is 18.1 Å². The van der Waals surface area contributed by atoms with E-state index in [4.69, 9.17) is 5.11 Å². The number of hydrogen-bond donors (Lipinski definition) is 1. The van der Waals surface area contributed by atoms with Gasteiger partial charge in [-0.05, 0) is 55.5 Å². The summed E-state index contributed by atoms with van der Waals surface area (Å²) in [6.45, 7) is 0. The first-order chi connectivity index (χ1) is 14.2. The van der Waals surface area contributed by atoms with Gasteiger partial charge in [0.25, 0.3) is 0 Å². The van der Waals surface area contributed by atoms with E-state index in [-0.39, 0.29) is 35.4 Å². The van der Waals surface area contributed by atoms with Crippen LogP contribution in [0.25, 0.3) is 0 Å². The average molecular weight is 426 g/mol. The zero-order valence-electron chi connectivity index (χ0n) is 16.5. The van der Waals surface area contributed by atoms with Gasteiger partial charge in [0.15, 0.2) is 5.78 Å². The minimum atomic E-state index is -4.79. The van der Waals surface area contributed by atoms with Gasteiger partial charge in [-0.1, -0.05) is 25.3 Å². The van der Waals surface area contributed by atoms with Crippen molar-refractivity contribution in [3.8, 4) is 5.75 Å². The van der Waals surface area contributed by atoms with E-state index in [1.165, 1.54) is 18.2 Å². The number of hydrogen-bond acceptors (Lipinski definition) is 4. The highest BCUT2D eigenvalue weighted by molar-refractivity contribution is 6.04. The van der Waals surface area contributed by atoms with Crippen molar-refractivity contribution in [3.63, 3.8) is 0 Å². The monoisotopic (exact) mass is 426 g/mol. The molecule has 1 aromatic carbocycles. The topological polar surface area (TPSA) is 80.7 Å². The van der Waals surface area contributed by atoms with Crippen molar-refractivity contribution < 1.29 is 37.4 Å². The summed E-state index contributed by atoms with van der Waals surface area (Å²) in [5, 5.41) is 8.63. The number of benzene rings is 1. The molecule has 1 N–H and O–H groups in total. The first-order valence-corrected chi connectivity index (χ1v) is 9.98. The van der Waals surface area contributed by atoms with Gasteiger partial charge in [-0.3, -0.25) is 14.4 Å². The summed E-state index contributed by atoms with van der Waals surface area (Å²) in [7, 11) is 0. The fourth-order valence-corrected chi connectivity index (χ4v) is 3.66. The number of alkyl halides is 3. The van der Waals surface area contributed by atoms with E-state index >= 15 is 0 Å². The van der Waals surface area contributed by atoms with E-state index in [2.05, 4.69) is 4.74 Å². The summed E-state index contributed by atoms with van der Waals surface area (Å²) in [5.41, 5.74) is 0.236. The van der Waals surface area contributed by atoms with Gasteiger partial charge in [0, 0.05) is 24.3 Å². The van der Waals surface area contributed by atoms with E-state index in [1.807, 2.05) is 0 Å². The molecule has 164 valence electrons. The second-order valence-corrected chi connectivity index (χ2v) is 7.42. The van der Waals surface area contributed by atoms with Crippen LogP contribution >= 0.6 is 0 Å². The largest absolute Gasteiger partial charge is 0.573 e. The third kappa shape index (κ3) is 8.00. The maximum Gasteiger partial charge on any atom is 0.573 e. The van der Waals surface area contributed by atoms with Crippen LogP contribution in [0.2, 0.25) is 0 Å². The first kappa shape index (κ1) is 23.6. The average Bonchev–Trinajstić information content (AvgIpc) is 3.01. The molecule has 1 saturated carbocycles. The van der Waals surface area contributed by atoms with E-state index in [1.54, 1.807) is 6.08 Å². The van der Waals surface area contributed by atoms with Crippen LogP contribution in [-0.2, 0) is 9.59 Å². The van der Waals surface area contributed by atoms with Gasteiger partial charge in [-0.2, -0.15) is 0 Å². The lowest BCUT2D eigenvalue weighted by Gasteiger charge is -2.14. The third-order valence-electron chi connectivity index (χ3n) is 5.18. The first-order valence-electron chi connectivity index (χ1n) is 9.98. The molecule has 0 saturated heterocycles. The van der Waals surface area contributed by atoms with Crippen LogP contribution in [0.15, 0.2) is 36.4 Å². The molecule has 1 aromatic rings. The fourth-order valence-electron chi connectivity index (χ4n) is 3.66. The van der Waals surface area contributed by atoms with Crippen LogP contribution in [0.1, 0.15) is 61.7 Å². The summed E-state index contributed by atoms with van der Waals surface area (Å²) >= 11 is 0. The second kappa shape index (κ2) is 10.9. The number of carbonyl (C=O) groups is 3. The van der Waals surface area contributed by atoms with E-state index in [0.29, 0.717) is 25.7 Å². The van der Waals surface area contributed by atoms with Gasteiger partial charge in [-0.15, -0.1) is 13.2 Å². The van der Waals surface area contributed by atoms with Crippen LogP contribution in [0.4, 0.5) is 13.2 Å². The molecule has 0 aliphatic heterocycles. The summed E-state index contributed by atoms with van der Waals surface area (Å²) in [4.78, 5) is 34.9. The van der Waals surface area contributed by atoms with Gasteiger partial charge < -0.3 is 9.84 Å². The zero-order valence-corrected chi connectivity index (χ0v) is 16.5. The van der Waals surface area contributed by atoms with Crippen LogP contribution in [0.3, 0.4) is 0 Å².